The van der Waals surface area contributed by atoms with Crippen molar-refractivity contribution in [1.29, 1.82) is 0 Å². The predicted molar refractivity (Wildman–Crippen MR) is 46.6 cm³/mol. The molecule has 0 aliphatic heterocycles. The fourth-order valence-corrected chi connectivity index (χ4v) is 1.89. The SMILES string of the molecule is Cc1cc(CN=[N+]=[N-])c(C)s1. The van der Waals surface area contributed by atoms with Gasteiger partial charge < -0.3 is 0 Å². The first kappa shape index (κ1) is 8.11. The molecule has 0 unspecified atom stereocenters. The summed E-state index contributed by atoms with van der Waals surface area (Å²) in [5.41, 5.74) is 9.23. The number of nitrogens with zero attached hydrogens (tertiary/aromatic N) is 3. The van der Waals surface area contributed by atoms with Crippen LogP contribution in [0.5, 0.6) is 0 Å². The first-order chi connectivity index (χ1) is 5.24. The molecule has 1 aromatic rings. The Morgan fingerprint density at radius 3 is 2.82 bits per heavy atom. The van der Waals surface area contributed by atoms with Crippen LogP contribution in [0.1, 0.15) is 15.3 Å². The molecule has 4 heteroatoms. The van der Waals surface area contributed by atoms with E-state index in [9.17, 15) is 0 Å². The Morgan fingerprint density at radius 2 is 2.36 bits per heavy atom. The van der Waals surface area contributed by atoms with Gasteiger partial charge in [0.2, 0.25) is 0 Å². The molecule has 0 saturated heterocycles. The van der Waals surface area contributed by atoms with Crippen molar-refractivity contribution in [3.8, 4) is 0 Å². The van der Waals surface area contributed by atoms with Crippen molar-refractivity contribution in [2.75, 3.05) is 0 Å². The number of azide groups is 1. The van der Waals surface area contributed by atoms with Gasteiger partial charge in [-0.25, -0.2) is 0 Å². The number of hydrogen-bond donors (Lipinski definition) is 0. The third-order valence-corrected chi connectivity index (χ3v) is 2.46. The lowest BCUT2D eigenvalue weighted by Crippen LogP contribution is -1.76. The third kappa shape index (κ3) is 1.97. The summed E-state index contributed by atoms with van der Waals surface area (Å²) in [6.45, 7) is 4.57. The second kappa shape index (κ2) is 3.42. The summed E-state index contributed by atoms with van der Waals surface area (Å²) >= 11 is 1.74. The van der Waals surface area contributed by atoms with Crippen LogP contribution in [0.4, 0.5) is 0 Å². The predicted octanol–water partition coefficient (Wildman–Crippen LogP) is 3.18. The van der Waals surface area contributed by atoms with E-state index in [1.807, 2.05) is 6.92 Å². The topological polar surface area (TPSA) is 48.8 Å². The fourth-order valence-electron chi connectivity index (χ4n) is 0.948. The van der Waals surface area contributed by atoms with Crippen molar-refractivity contribution >= 4 is 11.3 Å². The van der Waals surface area contributed by atoms with Gasteiger partial charge in [-0.05, 0) is 31.0 Å². The van der Waals surface area contributed by atoms with Crippen LogP contribution in [0.2, 0.25) is 0 Å². The van der Waals surface area contributed by atoms with Gasteiger partial charge in [0.25, 0.3) is 0 Å². The van der Waals surface area contributed by atoms with Gasteiger partial charge in [-0.3, -0.25) is 0 Å². The normalized spacial score (nSPS) is 9.27. The van der Waals surface area contributed by atoms with Gasteiger partial charge in [0, 0.05) is 14.7 Å². The summed E-state index contributed by atoms with van der Waals surface area (Å²) in [6.07, 6.45) is 0. The molecule has 0 aliphatic carbocycles. The summed E-state index contributed by atoms with van der Waals surface area (Å²) in [6, 6.07) is 2.06. The molecule has 11 heavy (non-hydrogen) atoms. The van der Waals surface area contributed by atoms with Crippen LogP contribution in [-0.4, -0.2) is 0 Å². The molecule has 0 aliphatic rings. The smallest absolute Gasteiger partial charge is 0.0521 e. The van der Waals surface area contributed by atoms with Crippen LogP contribution < -0.4 is 0 Å². The van der Waals surface area contributed by atoms with Gasteiger partial charge in [-0.1, -0.05) is 5.11 Å². The van der Waals surface area contributed by atoms with Crippen molar-refractivity contribution in [1.82, 2.24) is 0 Å². The van der Waals surface area contributed by atoms with E-state index in [4.69, 9.17) is 5.53 Å². The van der Waals surface area contributed by atoms with Crippen molar-refractivity contribution < 1.29 is 0 Å². The fraction of sp³-hybridized carbons (Fsp3) is 0.429. The first-order valence-electron chi connectivity index (χ1n) is 3.31. The van der Waals surface area contributed by atoms with Crippen LogP contribution in [0.25, 0.3) is 10.4 Å². The second-order valence-electron chi connectivity index (χ2n) is 2.33. The average Bonchev–Trinajstić information content (AvgIpc) is 2.26. The highest BCUT2D eigenvalue weighted by Gasteiger charge is 1.99. The Kier molecular flexibility index (Phi) is 2.52. The molecule has 0 atom stereocenters. The Morgan fingerprint density at radius 1 is 1.64 bits per heavy atom. The van der Waals surface area contributed by atoms with Crippen LogP contribution in [0.15, 0.2) is 11.2 Å². The molecular weight excluding hydrogens is 158 g/mol. The minimum atomic E-state index is 0.479. The molecule has 0 radical (unpaired) electrons. The zero-order chi connectivity index (χ0) is 8.27. The largest absolute Gasteiger partial charge is 0.146 e. The number of aryl methyl sites for hydroxylation is 2. The molecule has 3 nitrogen and oxygen atoms in total. The van der Waals surface area contributed by atoms with Gasteiger partial charge in [-0.15, -0.1) is 11.3 Å². The second-order valence-corrected chi connectivity index (χ2v) is 3.79. The summed E-state index contributed by atoms with van der Waals surface area (Å²) in [5, 5.41) is 3.50. The average molecular weight is 167 g/mol. The highest BCUT2D eigenvalue weighted by atomic mass is 32.1. The Balaban J connectivity index is 2.85. The molecule has 0 amide bonds. The van der Waals surface area contributed by atoms with Crippen molar-refractivity contribution in [3.63, 3.8) is 0 Å². The Hall–Kier alpha value is -0.990. The number of thiophene rings is 1. The summed E-state index contributed by atoms with van der Waals surface area (Å²) in [5.74, 6) is 0. The van der Waals surface area contributed by atoms with Gasteiger partial charge >= 0.3 is 0 Å². The van der Waals surface area contributed by atoms with Crippen LogP contribution in [0, 0.1) is 13.8 Å². The monoisotopic (exact) mass is 167 g/mol. The van der Waals surface area contributed by atoms with E-state index in [1.54, 1.807) is 11.3 Å². The molecule has 0 aromatic carbocycles. The van der Waals surface area contributed by atoms with Crippen molar-refractivity contribution in [2.24, 2.45) is 5.11 Å². The number of hydrogen-bond acceptors (Lipinski definition) is 2. The maximum absolute atomic E-state index is 8.09. The molecule has 1 rings (SSSR count). The Labute approximate surface area is 69.3 Å². The molecule has 0 N–H and O–H groups in total. The maximum Gasteiger partial charge on any atom is 0.0521 e. The van der Waals surface area contributed by atoms with E-state index in [-0.39, 0.29) is 0 Å². The van der Waals surface area contributed by atoms with E-state index >= 15 is 0 Å². The molecular formula is C7H9N3S. The molecule has 1 aromatic heterocycles. The van der Waals surface area contributed by atoms with Gasteiger partial charge in [0.15, 0.2) is 0 Å². The molecule has 0 saturated carbocycles. The third-order valence-electron chi connectivity index (χ3n) is 1.45. The zero-order valence-electron chi connectivity index (χ0n) is 6.53. The first-order valence-corrected chi connectivity index (χ1v) is 4.12. The molecule has 0 fully saturated rings. The lowest BCUT2D eigenvalue weighted by atomic mass is 10.2. The van der Waals surface area contributed by atoms with Gasteiger partial charge in [0.1, 0.15) is 0 Å². The van der Waals surface area contributed by atoms with E-state index in [2.05, 4.69) is 23.0 Å². The molecule has 0 spiro atoms. The number of rotatable bonds is 2. The molecule has 0 bridgehead atoms. The van der Waals surface area contributed by atoms with Crippen molar-refractivity contribution in [2.45, 2.75) is 20.4 Å². The standard InChI is InChI=1S/C7H9N3S/c1-5-3-7(4-9-10-8)6(2)11-5/h3H,4H2,1-2H3. The van der Waals surface area contributed by atoms with E-state index < -0.39 is 0 Å². The molecule has 1 heterocycles. The van der Waals surface area contributed by atoms with Crippen LogP contribution >= 0.6 is 11.3 Å². The molecule has 58 valence electrons. The van der Waals surface area contributed by atoms with Gasteiger partial charge in [-0.2, -0.15) is 0 Å². The van der Waals surface area contributed by atoms with E-state index in [0.29, 0.717) is 6.54 Å². The lowest BCUT2D eigenvalue weighted by molar-refractivity contribution is 1.04. The van der Waals surface area contributed by atoms with Crippen LogP contribution in [-0.2, 0) is 6.54 Å². The van der Waals surface area contributed by atoms with Crippen LogP contribution in [0.3, 0.4) is 0 Å². The van der Waals surface area contributed by atoms with Crippen molar-refractivity contribution in [3.05, 3.63) is 31.8 Å². The summed E-state index contributed by atoms with van der Waals surface area (Å²) in [7, 11) is 0. The highest BCUT2D eigenvalue weighted by molar-refractivity contribution is 7.12. The zero-order valence-corrected chi connectivity index (χ0v) is 7.35. The minimum absolute atomic E-state index is 0.479. The van der Waals surface area contributed by atoms with E-state index in [0.717, 1.165) is 5.56 Å². The quantitative estimate of drug-likeness (QED) is 0.369. The lowest BCUT2D eigenvalue weighted by Gasteiger charge is -1.88. The van der Waals surface area contributed by atoms with Gasteiger partial charge in [0.05, 0.1) is 6.54 Å². The minimum Gasteiger partial charge on any atom is -0.146 e. The maximum atomic E-state index is 8.09. The highest BCUT2D eigenvalue weighted by Crippen LogP contribution is 2.20. The summed E-state index contributed by atoms with van der Waals surface area (Å²) < 4.78 is 0. The summed E-state index contributed by atoms with van der Waals surface area (Å²) in [4.78, 5) is 5.23. The Bertz CT molecular complexity index is 297. The van der Waals surface area contributed by atoms with E-state index in [1.165, 1.54) is 9.75 Å².